The summed E-state index contributed by atoms with van der Waals surface area (Å²) in [5, 5.41) is 14.2. The van der Waals surface area contributed by atoms with Crippen LogP contribution in [0.25, 0.3) is 0 Å². The van der Waals surface area contributed by atoms with E-state index < -0.39 is 18.0 Å². The summed E-state index contributed by atoms with van der Waals surface area (Å²) >= 11 is 1.28. The third-order valence-corrected chi connectivity index (χ3v) is 5.51. The van der Waals surface area contributed by atoms with Crippen LogP contribution in [-0.2, 0) is 22.4 Å². The summed E-state index contributed by atoms with van der Waals surface area (Å²) < 4.78 is 40.9. The molecule has 1 aromatic carbocycles. The number of halogens is 3. The van der Waals surface area contributed by atoms with E-state index in [1.54, 1.807) is 6.08 Å². The van der Waals surface area contributed by atoms with Gasteiger partial charge in [-0.1, -0.05) is 23.5 Å². The summed E-state index contributed by atoms with van der Waals surface area (Å²) in [6.45, 7) is -0.0534. The highest BCUT2D eigenvalue weighted by atomic mass is 32.1. The number of allylic oxidation sites excluding steroid dienone is 4. The molecule has 2 rings (SSSR count). The SMILES string of the molecule is NC=CC=NCC(=O)Nc1nnc(CCCC/C(N)=C/C=C(\N)NC(=O)Cc2cccc(OC(F)(F)F)c2)s1. The minimum atomic E-state index is -4.82. The van der Waals surface area contributed by atoms with Gasteiger partial charge in [0.15, 0.2) is 0 Å². The number of alkyl halides is 3. The van der Waals surface area contributed by atoms with E-state index in [-0.39, 0.29) is 24.7 Å². The number of anilines is 1. The highest BCUT2D eigenvalue weighted by Gasteiger charge is 2.31. The van der Waals surface area contributed by atoms with Crippen molar-refractivity contribution in [1.82, 2.24) is 15.5 Å². The number of aryl methyl sites for hydroxylation is 1. The number of nitrogens with zero attached hydrogens (tertiary/aromatic N) is 3. The number of nitrogens with two attached hydrogens (primary N) is 3. The number of amides is 2. The molecule has 0 aliphatic heterocycles. The summed E-state index contributed by atoms with van der Waals surface area (Å²) in [6.07, 6.45) is 4.99. The van der Waals surface area contributed by atoms with Crippen molar-refractivity contribution < 1.29 is 27.5 Å². The fourth-order valence-corrected chi connectivity index (χ4v) is 3.78. The molecule has 0 saturated heterocycles. The average Bonchev–Trinajstić information content (AvgIpc) is 3.29. The molecule has 0 saturated carbocycles. The smallest absolute Gasteiger partial charge is 0.406 e. The molecule has 210 valence electrons. The summed E-state index contributed by atoms with van der Waals surface area (Å²) in [5.74, 6) is -1.20. The molecule has 8 N–H and O–H groups in total. The standard InChI is InChI=1S/C24H29F3N8O3S/c25-24(26,27)38-18-7-3-5-16(13-18)14-20(36)32-19(30)10-9-17(29)6-1-2-8-22-34-35-23(39-22)33-21(37)15-31-12-4-11-28/h3-5,7,9-13H,1-2,6,8,14-15,28-30H2,(H,32,36)(H,33,35,37)/b11-4?,17-9-,19-10+,31-12?. The zero-order valence-electron chi connectivity index (χ0n) is 20.8. The molecule has 0 spiro atoms. The van der Waals surface area contributed by atoms with Gasteiger partial charge in [-0.2, -0.15) is 0 Å². The van der Waals surface area contributed by atoms with E-state index in [1.165, 1.54) is 48.0 Å². The van der Waals surface area contributed by atoms with Crippen LogP contribution in [0.3, 0.4) is 0 Å². The molecule has 1 heterocycles. The lowest BCUT2D eigenvalue weighted by Crippen LogP contribution is -2.28. The summed E-state index contributed by atoms with van der Waals surface area (Å²) in [7, 11) is 0. The summed E-state index contributed by atoms with van der Waals surface area (Å²) in [6, 6.07) is 5.12. The summed E-state index contributed by atoms with van der Waals surface area (Å²) in [5.41, 5.74) is 17.8. The zero-order chi connectivity index (χ0) is 28.7. The van der Waals surface area contributed by atoms with Gasteiger partial charge in [0.25, 0.3) is 0 Å². The first kappa shape index (κ1) is 30.8. The van der Waals surface area contributed by atoms with Crippen molar-refractivity contribution in [2.45, 2.75) is 38.5 Å². The van der Waals surface area contributed by atoms with Gasteiger partial charge in [0.1, 0.15) is 23.1 Å². The molecule has 2 aromatic rings. The van der Waals surface area contributed by atoms with Gasteiger partial charge in [0.2, 0.25) is 16.9 Å². The highest BCUT2D eigenvalue weighted by molar-refractivity contribution is 7.15. The first-order valence-electron chi connectivity index (χ1n) is 11.6. The van der Waals surface area contributed by atoms with E-state index in [9.17, 15) is 22.8 Å². The number of carbonyl (C=O) groups excluding carboxylic acids is 2. The van der Waals surface area contributed by atoms with Gasteiger partial charge in [0, 0.05) is 18.3 Å². The molecular formula is C24H29F3N8O3S. The number of hydrogen-bond donors (Lipinski definition) is 5. The maximum absolute atomic E-state index is 12.4. The van der Waals surface area contributed by atoms with Crippen molar-refractivity contribution in [2.75, 3.05) is 11.9 Å². The van der Waals surface area contributed by atoms with Crippen LogP contribution >= 0.6 is 11.3 Å². The molecule has 11 nitrogen and oxygen atoms in total. The maximum atomic E-state index is 12.4. The Hall–Kier alpha value is -4.40. The Morgan fingerprint density at radius 1 is 1.13 bits per heavy atom. The molecule has 0 fully saturated rings. The van der Waals surface area contributed by atoms with Crippen LogP contribution in [0.1, 0.15) is 29.8 Å². The van der Waals surface area contributed by atoms with Crippen molar-refractivity contribution in [1.29, 1.82) is 0 Å². The lowest BCUT2D eigenvalue weighted by atomic mass is 10.1. The van der Waals surface area contributed by atoms with Gasteiger partial charge >= 0.3 is 6.36 Å². The van der Waals surface area contributed by atoms with E-state index in [4.69, 9.17) is 17.2 Å². The normalized spacial score (nSPS) is 12.7. The molecule has 0 aliphatic carbocycles. The third-order valence-electron chi connectivity index (χ3n) is 4.61. The van der Waals surface area contributed by atoms with E-state index in [0.717, 1.165) is 30.0 Å². The minimum absolute atomic E-state index is 0.0376. The number of aliphatic imine (C=N–C) groups is 1. The predicted octanol–water partition coefficient (Wildman–Crippen LogP) is 2.63. The topological polar surface area (TPSA) is 184 Å². The van der Waals surface area contributed by atoms with Crippen molar-refractivity contribution in [3.05, 3.63) is 70.8 Å². The van der Waals surface area contributed by atoms with Crippen molar-refractivity contribution in [3.8, 4) is 5.75 Å². The molecule has 1 aromatic heterocycles. The molecule has 0 atom stereocenters. The van der Waals surface area contributed by atoms with Crippen LogP contribution in [0.15, 0.2) is 65.2 Å². The van der Waals surface area contributed by atoms with Crippen LogP contribution < -0.4 is 32.6 Å². The molecule has 0 aliphatic rings. The Labute approximate surface area is 226 Å². The molecule has 15 heteroatoms. The zero-order valence-corrected chi connectivity index (χ0v) is 21.6. The van der Waals surface area contributed by atoms with Gasteiger partial charge < -0.3 is 27.3 Å². The molecule has 2 amide bonds. The van der Waals surface area contributed by atoms with Crippen molar-refractivity contribution >= 4 is 34.5 Å². The van der Waals surface area contributed by atoms with Gasteiger partial charge in [-0.05, 0) is 61.4 Å². The molecule has 39 heavy (non-hydrogen) atoms. The first-order valence-corrected chi connectivity index (χ1v) is 12.4. The third kappa shape index (κ3) is 13.6. The quantitative estimate of drug-likeness (QED) is 0.131. The monoisotopic (exact) mass is 566 g/mol. The summed E-state index contributed by atoms with van der Waals surface area (Å²) in [4.78, 5) is 27.8. The van der Waals surface area contributed by atoms with Crippen LogP contribution in [-0.4, -0.2) is 41.1 Å². The molecule has 0 bridgehead atoms. The second-order valence-electron chi connectivity index (χ2n) is 7.91. The van der Waals surface area contributed by atoms with Gasteiger partial charge in [-0.15, -0.1) is 23.4 Å². The fraction of sp³-hybridized carbons (Fsp3) is 0.292. The number of benzene rings is 1. The van der Waals surface area contributed by atoms with Crippen LogP contribution in [0.5, 0.6) is 5.75 Å². The van der Waals surface area contributed by atoms with Gasteiger partial charge in [-0.25, -0.2) is 0 Å². The number of rotatable bonds is 14. The minimum Gasteiger partial charge on any atom is -0.406 e. The number of aromatic nitrogens is 2. The predicted molar refractivity (Wildman–Crippen MR) is 142 cm³/mol. The van der Waals surface area contributed by atoms with Crippen molar-refractivity contribution in [3.63, 3.8) is 0 Å². The number of ether oxygens (including phenoxy) is 1. The Bertz CT molecular complexity index is 1230. The van der Waals surface area contributed by atoms with Gasteiger partial charge in [0.05, 0.1) is 6.42 Å². The van der Waals surface area contributed by atoms with Crippen molar-refractivity contribution in [2.24, 2.45) is 22.2 Å². The molecule has 0 unspecified atom stereocenters. The second-order valence-corrected chi connectivity index (χ2v) is 8.98. The Kier molecular flexibility index (Phi) is 12.5. The number of nitrogens with one attached hydrogen (secondary N) is 2. The Balaban J connectivity index is 1.71. The number of carbonyl (C=O) groups is 2. The average molecular weight is 567 g/mol. The second kappa shape index (κ2) is 15.8. The van der Waals surface area contributed by atoms with Crippen LogP contribution in [0.2, 0.25) is 0 Å². The van der Waals surface area contributed by atoms with E-state index in [1.807, 2.05) is 0 Å². The Morgan fingerprint density at radius 2 is 1.92 bits per heavy atom. The van der Waals surface area contributed by atoms with Crippen LogP contribution in [0.4, 0.5) is 18.3 Å². The fourth-order valence-electron chi connectivity index (χ4n) is 2.98. The molecular weight excluding hydrogens is 537 g/mol. The highest BCUT2D eigenvalue weighted by Crippen LogP contribution is 2.23. The van der Waals surface area contributed by atoms with E-state index >= 15 is 0 Å². The lowest BCUT2D eigenvalue weighted by molar-refractivity contribution is -0.274. The van der Waals surface area contributed by atoms with Crippen LogP contribution in [0, 0.1) is 0 Å². The Morgan fingerprint density at radius 3 is 2.67 bits per heavy atom. The maximum Gasteiger partial charge on any atom is 0.573 e. The lowest BCUT2D eigenvalue weighted by Gasteiger charge is -2.10. The van der Waals surface area contributed by atoms with Gasteiger partial charge in [-0.3, -0.25) is 19.9 Å². The number of unbranched alkanes of at least 4 members (excludes halogenated alkanes) is 1. The van der Waals surface area contributed by atoms with E-state index in [2.05, 4.69) is 30.6 Å². The number of hydrogen-bond acceptors (Lipinski definition) is 10. The van der Waals surface area contributed by atoms with E-state index in [0.29, 0.717) is 29.2 Å². The largest absolute Gasteiger partial charge is 0.573 e. The first-order chi connectivity index (χ1) is 18.5. The molecule has 0 radical (unpaired) electrons.